The van der Waals surface area contributed by atoms with E-state index in [1.807, 2.05) is 51.1 Å². The number of benzene rings is 3. The summed E-state index contributed by atoms with van der Waals surface area (Å²) in [6.07, 6.45) is 2.28. The molecule has 8 nitrogen and oxygen atoms in total. The van der Waals surface area contributed by atoms with Crippen molar-refractivity contribution < 1.29 is 22.7 Å². The number of aryl methyl sites for hydroxylation is 1. The molecule has 0 fully saturated rings. The average Bonchev–Trinajstić information content (AvgIpc) is 2.97. The zero-order valence-electron chi connectivity index (χ0n) is 24.4. The van der Waals surface area contributed by atoms with Gasteiger partial charge in [-0.25, -0.2) is 8.42 Å². The Bertz CT molecular complexity index is 1360. The Kier molecular flexibility index (Phi) is 11.8. The molecule has 0 heterocycles. The van der Waals surface area contributed by atoms with Crippen LogP contribution >= 0.6 is 0 Å². The number of hydrogen-bond acceptors (Lipinski definition) is 5. The van der Waals surface area contributed by atoms with Crippen molar-refractivity contribution in [3.8, 4) is 5.75 Å². The van der Waals surface area contributed by atoms with Crippen LogP contribution in [0.4, 0.5) is 5.69 Å². The molecule has 3 aromatic carbocycles. The van der Waals surface area contributed by atoms with Gasteiger partial charge in [0.2, 0.25) is 11.8 Å². The fourth-order valence-corrected chi connectivity index (χ4v) is 5.76. The number of sulfonamides is 1. The van der Waals surface area contributed by atoms with E-state index >= 15 is 0 Å². The van der Waals surface area contributed by atoms with Gasteiger partial charge in [-0.2, -0.15) is 0 Å². The Balaban J connectivity index is 1.95. The zero-order valence-corrected chi connectivity index (χ0v) is 25.2. The summed E-state index contributed by atoms with van der Waals surface area (Å²) in [5, 5.41) is 2.90. The molecule has 0 saturated carbocycles. The molecule has 0 aromatic heterocycles. The predicted molar refractivity (Wildman–Crippen MR) is 163 cm³/mol. The van der Waals surface area contributed by atoms with E-state index in [0.29, 0.717) is 31.0 Å². The Hall–Kier alpha value is -3.85. The fraction of sp³-hybridized carbons (Fsp3) is 0.375. The molecule has 0 bridgehead atoms. The summed E-state index contributed by atoms with van der Waals surface area (Å²) in [6.45, 7) is 8.23. The summed E-state index contributed by atoms with van der Waals surface area (Å²) < 4.78 is 34.5. The fourth-order valence-electron chi connectivity index (χ4n) is 4.35. The van der Waals surface area contributed by atoms with Crippen LogP contribution in [0.2, 0.25) is 0 Å². The first kappa shape index (κ1) is 31.7. The molecule has 3 aromatic rings. The third-order valence-corrected chi connectivity index (χ3v) is 8.59. The van der Waals surface area contributed by atoms with Crippen LogP contribution in [0.15, 0.2) is 83.8 Å². The third-order valence-electron chi connectivity index (χ3n) is 6.80. The summed E-state index contributed by atoms with van der Waals surface area (Å²) >= 11 is 0. The van der Waals surface area contributed by atoms with Crippen LogP contribution < -0.4 is 14.4 Å². The van der Waals surface area contributed by atoms with Gasteiger partial charge in [-0.3, -0.25) is 13.9 Å². The van der Waals surface area contributed by atoms with Crippen molar-refractivity contribution in [3.05, 3.63) is 90.0 Å². The van der Waals surface area contributed by atoms with Crippen LogP contribution in [0.25, 0.3) is 0 Å². The molecule has 0 radical (unpaired) electrons. The maximum Gasteiger partial charge on any atom is 0.264 e. The lowest BCUT2D eigenvalue weighted by atomic mass is 10.1. The lowest BCUT2D eigenvalue weighted by Crippen LogP contribution is -2.52. The first-order valence-corrected chi connectivity index (χ1v) is 15.5. The second-order valence-corrected chi connectivity index (χ2v) is 11.8. The number of amides is 2. The molecule has 0 spiro atoms. The molecule has 2 amide bonds. The number of nitrogens with zero attached hydrogens (tertiary/aromatic N) is 2. The van der Waals surface area contributed by atoms with Crippen molar-refractivity contribution >= 4 is 27.5 Å². The smallest absolute Gasteiger partial charge is 0.264 e. The van der Waals surface area contributed by atoms with Crippen molar-refractivity contribution in [2.24, 2.45) is 0 Å². The van der Waals surface area contributed by atoms with Gasteiger partial charge in [-0.1, -0.05) is 61.4 Å². The second kappa shape index (κ2) is 15.2. The van der Waals surface area contributed by atoms with Crippen LogP contribution in [0, 0.1) is 6.92 Å². The Labute approximate surface area is 244 Å². The summed E-state index contributed by atoms with van der Waals surface area (Å²) in [5.41, 5.74) is 2.26. The van der Waals surface area contributed by atoms with E-state index in [2.05, 4.69) is 5.32 Å². The van der Waals surface area contributed by atoms with Crippen LogP contribution in [-0.2, 0) is 26.0 Å². The maximum atomic E-state index is 13.9. The van der Waals surface area contributed by atoms with Gasteiger partial charge in [0.25, 0.3) is 10.0 Å². The number of carbonyl (C=O) groups is 2. The Morgan fingerprint density at radius 3 is 2.20 bits per heavy atom. The number of anilines is 1. The number of rotatable bonds is 15. The first-order chi connectivity index (χ1) is 19.7. The first-order valence-electron chi connectivity index (χ1n) is 14.1. The number of hydrogen-bond donors (Lipinski definition) is 1. The molecular weight excluding hydrogens is 538 g/mol. The number of unbranched alkanes of at least 4 members (excludes halogenated alkanes) is 1. The van der Waals surface area contributed by atoms with Gasteiger partial charge in [0.05, 0.1) is 17.2 Å². The van der Waals surface area contributed by atoms with Gasteiger partial charge >= 0.3 is 0 Å². The largest absolute Gasteiger partial charge is 0.494 e. The molecule has 0 aliphatic rings. The second-order valence-electron chi connectivity index (χ2n) is 9.89. The van der Waals surface area contributed by atoms with Crippen LogP contribution in [0.5, 0.6) is 5.75 Å². The summed E-state index contributed by atoms with van der Waals surface area (Å²) in [7, 11) is -4.11. The highest BCUT2D eigenvalue weighted by Crippen LogP contribution is 2.26. The van der Waals surface area contributed by atoms with Gasteiger partial charge in [0.1, 0.15) is 18.3 Å². The minimum Gasteiger partial charge on any atom is -0.494 e. The van der Waals surface area contributed by atoms with Gasteiger partial charge in [-0.15, -0.1) is 0 Å². The molecule has 3 rings (SSSR count). The van der Waals surface area contributed by atoms with E-state index in [9.17, 15) is 18.0 Å². The lowest BCUT2D eigenvalue weighted by Gasteiger charge is -2.32. The van der Waals surface area contributed by atoms with Gasteiger partial charge in [0, 0.05) is 13.1 Å². The molecule has 9 heteroatoms. The normalized spacial score (nSPS) is 11.9. The lowest BCUT2D eigenvalue weighted by molar-refractivity contribution is -0.138. The Morgan fingerprint density at radius 2 is 1.59 bits per heavy atom. The van der Waals surface area contributed by atoms with E-state index in [1.54, 1.807) is 43.3 Å². The molecule has 0 unspecified atom stereocenters. The number of nitrogens with one attached hydrogen (secondary N) is 1. The Morgan fingerprint density at radius 1 is 0.927 bits per heavy atom. The van der Waals surface area contributed by atoms with Crippen LogP contribution in [-0.4, -0.2) is 57.4 Å². The average molecular weight is 580 g/mol. The molecule has 220 valence electrons. The minimum absolute atomic E-state index is 0.0750. The third kappa shape index (κ3) is 8.82. The number of carbonyl (C=O) groups excluding carboxylic acids is 2. The summed E-state index contributed by atoms with van der Waals surface area (Å²) in [4.78, 5) is 28.5. The van der Waals surface area contributed by atoms with Crippen molar-refractivity contribution in [1.29, 1.82) is 0 Å². The van der Waals surface area contributed by atoms with Crippen molar-refractivity contribution in [3.63, 3.8) is 0 Å². The molecule has 0 aliphatic carbocycles. The molecular formula is C32H41N3O5S. The van der Waals surface area contributed by atoms with E-state index < -0.39 is 28.5 Å². The molecule has 1 N–H and O–H groups in total. The van der Waals surface area contributed by atoms with Gasteiger partial charge in [0.15, 0.2) is 0 Å². The van der Waals surface area contributed by atoms with E-state index in [-0.39, 0.29) is 17.3 Å². The standard InChI is InChI=1S/C32H41N3O5S/c1-5-7-22-33-32(37)26(4)34(23-21-27-11-9-8-10-12-27)31(36)24-35(28-15-17-29(18-16-28)40-6-2)41(38,39)30-19-13-25(3)14-20-30/h8-20,26H,5-7,21-24H2,1-4H3,(H,33,37)/t26-/m0/s1. The van der Waals surface area contributed by atoms with E-state index in [1.165, 1.54) is 17.0 Å². The summed E-state index contributed by atoms with van der Waals surface area (Å²) in [5.74, 6) is -0.144. The van der Waals surface area contributed by atoms with Crippen molar-refractivity contribution in [2.75, 3.05) is 30.5 Å². The van der Waals surface area contributed by atoms with E-state index in [0.717, 1.165) is 28.3 Å². The highest BCUT2D eigenvalue weighted by Gasteiger charge is 2.32. The van der Waals surface area contributed by atoms with Crippen LogP contribution in [0.1, 0.15) is 44.7 Å². The predicted octanol–water partition coefficient (Wildman–Crippen LogP) is 4.97. The van der Waals surface area contributed by atoms with Crippen molar-refractivity contribution in [1.82, 2.24) is 10.2 Å². The molecule has 0 saturated heterocycles. The number of ether oxygens (including phenoxy) is 1. The topological polar surface area (TPSA) is 96.0 Å². The SMILES string of the molecule is CCCCNC(=O)[C@H](C)N(CCc1ccccc1)C(=O)CN(c1ccc(OCC)cc1)S(=O)(=O)c1ccc(C)cc1. The highest BCUT2D eigenvalue weighted by atomic mass is 32.2. The quantitative estimate of drug-likeness (QED) is 0.257. The maximum absolute atomic E-state index is 13.9. The van der Waals surface area contributed by atoms with Crippen LogP contribution in [0.3, 0.4) is 0 Å². The zero-order chi connectivity index (χ0) is 29.8. The van der Waals surface area contributed by atoms with Gasteiger partial charge in [-0.05, 0) is 75.6 Å². The molecule has 1 atom stereocenters. The minimum atomic E-state index is -4.11. The molecule has 41 heavy (non-hydrogen) atoms. The van der Waals surface area contributed by atoms with E-state index in [4.69, 9.17) is 4.74 Å². The van der Waals surface area contributed by atoms with Crippen molar-refractivity contribution in [2.45, 2.75) is 57.9 Å². The summed E-state index contributed by atoms with van der Waals surface area (Å²) in [6, 6.07) is 22.0. The van der Waals surface area contributed by atoms with Gasteiger partial charge < -0.3 is 15.0 Å². The highest BCUT2D eigenvalue weighted by molar-refractivity contribution is 7.92. The molecule has 0 aliphatic heterocycles. The monoisotopic (exact) mass is 579 g/mol.